The fourth-order valence-corrected chi connectivity index (χ4v) is 3.00. The van der Waals surface area contributed by atoms with Crippen molar-refractivity contribution in [2.24, 2.45) is 0 Å². The predicted molar refractivity (Wildman–Crippen MR) is 87.2 cm³/mol. The number of anilines is 1. The standard InChI is InChI=1S/C14H12BrN3O2S/c1-21(19,20)17-11-3-5-12(6-4-11)18-9-16-13-7-2-10(15)8-14(13)18/h2-9,17H,1H3. The molecule has 0 fully saturated rings. The summed E-state index contributed by atoms with van der Waals surface area (Å²) in [6, 6.07) is 13.0. The number of aromatic nitrogens is 2. The average molecular weight is 366 g/mol. The first-order chi connectivity index (χ1) is 9.92. The minimum absolute atomic E-state index is 0.534. The monoisotopic (exact) mass is 365 g/mol. The van der Waals surface area contributed by atoms with Crippen molar-refractivity contribution in [3.63, 3.8) is 0 Å². The van der Waals surface area contributed by atoms with Crippen molar-refractivity contribution in [3.8, 4) is 5.69 Å². The maximum atomic E-state index is 11.2. The lowest BCUT2D eigenvalue weighted by atomic mass is 10.2. The van der Waals surface area contributed by atoms with Crippen LogP contribution in [-0.2, 0) is 10.0 Å². The van der Waals surface area contributed by atoms with Crippen molar-refractivity contribution in [2.75, 3.05) is 11.0 Å². The summed E-state index contributed by atoms with van der Waals surface area (Å²) in [6.07, 6.45) is 2.87. The van der Waals surface area contributed by atoms with E-state index in [1.807, 2.05) is 34.9 Å². The van der Waals surface area contributed by atoms with E-state index >= 15 is 0 Å². The second-order valence-corrected chi connectivity index (χ2v) is 7.33. The molecule has 1 N–H and O–H groups in total. The number of imidazole rings is 1. The number of fused-ring (bicyclic) bond motifs is 1. The van der Waals surface area contributed by atoms with Crippen molar-refractivity contribution in [3.05, 3.63) is 53.3 Å². The van der Waals surface area contributed by atoms with Gasteiger partial charge in [-0.05, 0) is 42.5 Å². The van der Waals surface area contributed by atoms with Gasteiger partial charge >= 0.3 is 0 Å². The average Bonchev–Trinajstić information content (AvgIpc) is 2.81. The summed E-state index contributed by atoms with van der Waals surface area (Å²) in [5.41, 5.74) is 3.33. The highest BCUT2D eigenvalue weighted by Gasteiger charge is 2.06. The van der Waals surface area contributed by atoms with E-state index in [2.05, 4.69) is 25.6 Å². The SMILES string of the molecule is CS(=O)(=O)Nc1ccc(-n2cnc3ccc(Br)cc32)cc1. The van der Waals surface area contributed by atoms with Crippen molar-refractivity contribution in [1.82, 2.24) is 9.55 Å². The molecule has 7 heteroatoms. The Bertz CT molecular complexity index is 902. The zero-order valence-corrected chi connectivity index (χ0v) is 13.5. The smallest absolute Gasteiger partial charge is 0.229 e. The maximum absolute atomic E-state index is 11.2. The molecule has 3 rings (SSSR count). The van der Waals surface area contributed by atoms with Crippen LogP contribution in [0.25, 0.3) is 16.7 Å². The van der Waals surface area contributed by atoms with Gasteiger partial charge in [-0.3, -0.25) is 9.29 Å². The minimum Gasteiger partial charge on any atom is -0.299 e. The molecule has 0 unspecified atom stereocenters. The third-order valence-electron chi connectivity index (χ3n) is 2.96. The highest BCUT2D eigenvalue weighted by atomic mass is 79.9. The van der Waals surface area contributed by atoms with E-state index in [1.165, 1.54) is 0 Å². The lowest BCUT2D eigenvalue weighted by Crippen LogP contribution is -2.09. The number of halogens is 1. The summed E-state index contributed by atoms with van der Waals surface area (Å²) in [6.45, 7) is 0. The van der Waals surface area contributed by atoms with Crippen LogP contribution in [-0.4, -0.2) is 24.2 Å². The van der Waals surface area contributed by atoms with E-state index in [0.29, 0.717) is 5.69 Å². The largest absolute Gasteiger partial charge is 0.299 e. The molecule has 0 radical (unpaired) electrons. The Labute approximate surface area is 130 Å². The molecule has 1 aromatic heterocycles. The van der Waals surface area contributed by atoms with Crippen LogP contribution in [0, 0.1) is 0 Å². The number of sulfonamides is 1. The summed E-state index contributed by atoms with van der Waals surface area (Å²) in [7, 11) is -3.26. The van der Waals surface area contributed by atoms with Crippen LogP contribution in [0.5, 0.6) is 0 Å². The molecule has 0 aliphatic heterocycles. The molecule has 0 amide bonds. The molecule has 0 bridgehead atoms. The highest BCUT2D eigenvalue weighted by molar-refractivity contribution is 9.10. The summed E-state index contributed by atoms with van der Waals surface area (Å²) >= 11 is 3.45. The number of benzene rings is 2. The fraction of sp³-hybridized carbons (Fsp3) is 0.0714. The molecular formula is C14H12BrN3O2S. The van der Waals surface area contributed by atoms with Crippen LogP contribution in [0.2, 0.25) is 0 Å². The fourth-order valence-electron chi connectivity index (χ4n) is 2.09. The lowest BCUT2D eigenvalue weighted by Gasteiger charge is -2.07. The molecule has 5 nitrogen and oxygen atoms in total. The topological polar surface area (TPSA) is 64.0 Å². The van der Waals surface area contributed by atoms with Crippen molar-refractivity contribution >= 4 is 42.7 Å². The van der Waals surface area contributed by atoms with E-state index in [1.54, 1.807) is 18.5 Å². The zero-order valence-electron chi connectivity index (χ0n) is 11.1. The lowest BCUT2D eigenvalue weighted by molar-refractivity contribution is 0.607. The van der Waals surface area contributed by atoms with Gasteiger partial charge in [0.25, 0.3) is 0 Å². The van der Waals surface area contributed by atoms with E-state index in [-0.39, 0.29) is 0 Å². The molecule has 21 heavy (non-hydrogen) atoms. The summed E-state index contributed by atoms with van der Waals surface area (Å²) in [5.74, 6) is 0. The van der Waals surface area contributed by atoms with Gasteiger partial charge in [0.15, 0.2) is 0 Å². The molecule has 1 heterocycles. The molecule has 0 saturated carbocycles. The number of nitrogens with zero attached hydrogens (tertiary/aromatic N) is 2. The normalized spacial score (nSPS) is 11.7. The molecule has 0 atom stereocenters. The molecule has 0 aliphatic rings. The third-order valence-corrected chi connectivity index (χ3v) is 4.06. The first-order valence-corrected chi connectivity index (χ1v) is 8.82. The molecule has 0 saturated heterocycles. The minimum atomic E-state index is -3.26. The van der Waals surface area contributed by atoms with Gasteiger partial charge in [0.2, 0.25) is 10.0 Å². The van der Waals surface area contributed by atoms with Crippen LogP contribution in [0.3, 0.4) is 0 Å². The van der Waals surface area contributed by atoms with Gasteiger partial charge < -0.3 is 0 Å². The Hall–Kier alpha value is -1.86. The molecule has 0 spiro atoms. The number of hydrogen-bond acceptors (Lipinski definition) is 3. The van der Waals surface area contributed by atoms with Crippen molar-refractivity contribution in [1.29, 1.82) is 0 Å². The molecule has 0 aliphatic carbocycles. The van der Waals surface area contributed by atoms with Crippen LogP contribution in [0.4, 0.5) is 5.69 Å². The number of rotatable bonds is 3. The van der Waals surface area contributed by atoms with E-state index in [0.717, 1.165) is 27.4 Å². The Morgan fingerprint density at radius 2 is 1.86 bits per heavy atom. The summed E-state index contributed by atoms with van der Waals surface area (Å²) in [5, 5.41) is 0. The Kier molecular flexibility index (Phi) is 3.46. The summed E-state index contributed by atoms with van der Waals surface area (Å²) < 4.78 is 27.8. The number of nitrogens with one attached hydrogen (secondary N) is 1. The quantitative estimate of drug-likeness (QED) is 0.775. The third kappa shape index (κ3) is 3.08. The summed E-state index contributed by atoms with van der Waals surface area (Å²) in [4.78, 5) is 4.35. The van der Waals surface area contributed by atoms with E-state index in [9.17, 15) is 8.42 Å². The number of hydrogen-bond donors (Lipinski definition) is 1. The first-order valence-electron chi connectivity index (χ1n) is 6.13. The maximum Gasteiger partial charge on any atom is 0.229 e. The van der Waals surface area contributed by atoms with Gasteiger partial charge in [-0.25, -0.2) is 13.4 Å². The van der Waals surface area contributed by atoms with Gasteiger partial charge in [0, 0.05) is 15.8 Å². The highest BCUT2D eigenvalue weighted by Crippen LogP contribution is 2.23. The van der Waals surface area contributed by atoms with Crippen molar-refractivity contribution < 1.29 is 8.42 Å². The molecular weight excluding hydrogens is 354 g/mol. The molecule has 3 aromatic rings. The Morgan fingerprint density at radius 3 is 2.52 bits per heavy atom. The van der Waals surface area contributed by atoms with Crippen molar-refractivity contribution in [2.45, 2.75) is 0 Å². The zero-order chi connectivity index (χ0) is 15.0. The Morgan fingerprint density at radius 1 is 1.14 bits per heavy atom. The second-order valence-electron chi connectivity index (χ2n) is 4.67. The van der Waals surface area contributed by atoms with Gasteiger partial charge in [0.05, 0.1) is 17.3 Å². The molecule has 108 valence electrons. The molecule has 2 aromatic carbocycles. The predicted octanol–water partition coefficient (Wildman–Crippen LogP) is 3.16. The van der Waals surface area contributed by atoms with E-state index < -0.39 is 10.0 Å². The Balaban J connectivity index is 2.01. The van der Waals surface area contributed by atoms with Crippen LogP contribution < -0.4 is 4.72 Å². The first kappa shape index (κ1) is 14.1. The van der Waals surface area contributed by atoms with Crippen LogP contribution in [0.1, 0.15) is 0 Å². The van der Waals surface area contributed by atoms with Crippen LogP contribution >= 0.6 is 15.9 Å². The van der Waals surface area contributed by atoms with Gasteiger partial charge in [-0.1, -0.05) is 15.9 Å². The van der Waals surface area contributed by atoms with Gasteiger partial charge in [-0.2, -0.15) is 0 Å². The van der Waals surface area contributed by atoms with Gasteiger partial charge in [-0.15, -0.1) is 0 Å². The second kappa shape index (κ2) is 5.16. The van der Waals surface area contributed by atoms with E-state index in [4.69, 9.17) is 0 Å². The van der Waals surface area contributed by atoms with Crippen LogP contribution in [0.15, 0.2) is 53.3 Å². The van der Waals surface area contributed by atoms with Gasteiger partial charge in [0.1, 0.15) is 6.33 Å².